The van der Waals surface area contributed by atoms with Crippen molar-refractivity contribution in [3.8, 4) is 0 Å². The van der Waals surface area contributed by atoms with Crippen LogP contribution in [0.3, 0.4) is 0 Å². The highest BCUT2D eigenvalue weighted by molar-refractivity contribution is 5.95. The van der Waals surface area contributed by atoms with Crippen LogP contribution in [0.5, 0.6) is 0 Å². The number of rotatable bonds is 4. The highest BCUT2D eigenvalue weighted by Gasteiger charge is 2.11. The molecule has 3 N–H and O–H groups in total. The van der Waals surface area contributed by atoms with Gasteiger partial charge in [-0.05, 0) is 18.2 Å². The zero-order chi connectivity index (χ0) is 13.8. The molecule has 2 aromatic rings. The van der Waals surface area contributed by atoms with Gasteiger partial charge >= 0.3 is 11.9 Å². The number of nitrogens with zero attached hydrogens (tertiary/aromatic N) is 2. The summed E-state index contributed by atoms with van der Waals surface area (Å²) < 4.78 is 0. The molecule has 1 aromatic carbocycles. The van der Waals surface area contributed by atoms with E-state index in [2.05, 4.69) is 15.3 Å². The lowest BCUT2D eigenvalue weighted by molar-refractivity contribution is 0.0696. The summed E-state index contributed by atoms with van der Waals surface area (Å²) in [5.41, 5.74) is 0.645. The summed E-state index contributed by atoms with van der Waals surface area (Å²) in [4.78, 5) is 29.4. The van der Waals surface area contributed by atoms with Gasteiger partial charge in [0.15, 0.2) is 0 Å². The van der Waals surface area contributed by atoms with E-state index in [0.29, 0.717) is 11.4 Å². The molecule has 0 saturated carbocycles. The number of carboxylic acids is 2. The molecular formula is C12H9N3O4. The van der Waals surface area contributed by atoms with Crippen molar-refractivity contribution < 1.29 is 19.8 Å². The minimum absolute atomic E-state index is 0.112. The second-order valence-electron chi connectivity index (χ2n) is 3.66. The van der Waals surface area contributed by atoms with Crippen molar-refractivity contribution in [2.24, 2.45) is 0 Å². The number of anilines is 2. The topological polar surface area (TPSA) is 112 Å². The first kappa shape index (κ1) is 12.5. The van der Waals surface area contributed by atoms with Crippen LogP contribution < -0.4 is 5.32 Å². The molecule has 0 aliphatic rings. The Bertz CT molecular complexity index is 596. The second kappa shape index (κ2) is 5.13. The van der Waals surface area contributed by atoms with E-state index in [1.54, 1.807) is 0 Å². The molecule has 0 bridgehead atoms. The van der Waals surface area contributed by atoms with Gasteiger partial charge in [0.05, 0.1) is 29.2 Å². The summed E-state index contributed by atoms with van der Waals surface area (Å²) in [6.45, 7) is 0. The zero-order valence-electron chi connectivity index (χ0n) is 9.57. The second-order valence-corrected chi connectivity index (χ2v) is 3.66. The molecule has 0 amide bonds. The van der Waals surface area contributed by atoms with Crippen LogP contribution in [-0.4, -0.2) is 32.1 Å². The van der Waals surface area contributed by atoms with Crippen LogP contribution in [0, 0.1) is 0 Å². The monoisotopic (exact) mass is 259 g/mol. The van der Waals surface area contributed by atoms with E-state index in [0.717, 1.165) is 6.07 Å². The molecule has 96 valence electrons. The maximum Gasteiger partial charge on any atom is 0.335 e. The zero-order valence-corrected chi connectivity index (χ0v) is 9.57. The minimum Gasteiger partial charge on any atom is -0.478 e. The fraction of sp³-hybridized carbons (Fsp3) is 0. The van der Waals surface area contributed by atoms with Gasteiger partial charge in [-0.25, -0.2) is 19.6 Å². The maximum atomic E-state index is 10.9. The highest BCUT2D eigenvalue weighted by Crippen LogP contribution is 2.19. The number of benzene rings is 1. The summed E-state index contributed by atoms with van der Waals surface area (Å²) in [5, 5.41) is 20.7. The van der Waals surface area contributed by atoms with Crippen LogP contribution >= 0.6 is 0 Å². The van der Waals surface area contributed by atoms with E-state index in [9.17, 15) is 9.59 Å². The standard InChI is InChI=1S/C12H9N3O4/c16-11(17)7-1-8(12(18)19)3-9(2-7)15-10-4-13-6-14-5-10/h1-6,15H,(H,16,17)(H,18,19). The normalized spacial score (nSPS) is 9.89. The van der Waals surface area contributed by atoms with E-state index in [-0.39, 0.29) is 11.1 Å². The lowest BCUT2D eigenvalue weighted by Gasteiger charge is -2.07. The molecule has 0 aliphatic heterocycles. The third-order valence-electron chi connectivity index (χ3n) is 2.28. The SMILES string of the molecule is O=C(O)c1cc(Nc2cncnc2)cc(C(=O)O)c1. The Balaban J connectivity index is 2.39. The van der Waals surface area contributed by atoms with Gasteiger partial charge in [-0.15, -0.1) is 0 Å². The van der Waals surface area contributed by atoms with Crippen LogP contribution in [-0.2, 0) is 0 Å². The summed E-state index contributed by atoms with van der Waals surface area (Å²) in [5.74, 6) is -2.40. The van der Waals surface area contributed by atoms with Crippen LogP contribution in [0.1, 0.15) is 20.7 Å². The minimum atomic E-state index is -1.20. The Hall–Kier alpha value is -2.96. The number of aromatic carboxylic acids is 2. The quantitative estimate of drug-likeness (QED) is 0.764. The van der Waals surface area contributed by atoms with Crippen molar-refractivity contribution in [2.45, 2.75) is 0 Å². The molecule has 2 rings (SSSR count). The Labute approximate surface area is 107 Å². The maximum absolute atomic E-state index is 10.9. The van der Waals surface area contributed by atoms with Crippen molar-refractivity contribution in [1.29, 1.82) is 0 Å². The van der Waals surface area contributed by atoms with Crippen molar-refractivity contribution >= 4 is 23.3 Å². The van der Waals surface area contributed by atoms with Crippen LogP contribution in [0.2, 0.25) is 0 Å². The average molecular weight is 259 g/mol. The molecule has 0 saturated heterocycles. The number of carboxylic acid groups (broad SMARTS) is 2. The molecule has 0 spiro atoms. The van der Waals surface area contributed by atoms with Gasteiger partial charge in [0.1, 0.15) is 6.33 Å². The van der Waals surface area contributed by atoms with E-state index >= 15 is 0 Å². The first-order chi connectivity index (χ1) is 9.06. The largest absolute Gasteiger partial charge is 0.478 e. The molecule has 0 unspecified atom stereocenters. The number of aromatic nitrogens is 2. The van der Waals surface area contributed by atoms with Crippen molar-refractivity contribution in [3.05, 3.63) is 48.0 Å². The van der Waals surface area contributed by atoms with Gasteiger partial charge in [0, 0.05) is 5.69 Å². The molecular weight excluding hydrogens is 250 g/mol. The van der Waals surface area contributed by atoms with Gasteiger partial charge in [-0.2, -0.15) is 0 Å². The van der Waals surface area contributed by atoms with Gasteiger partial charge in [-0.3, -0.25) is 0 Å². The van der Waals surface area contributed by atoms with Crippen LogP contribution in [0.25, 0.3) is 0 Å². The number of nitrogens with one attached hydrogen (secondary N) is 1. The van der Waals surface area contributed by atoms with Crippen molar-refractivity contribution in [2.75, 3.05) is 5.32 Å². The summed E-state index contributed by atoms with van der Waals surface area (Å²) >= 11 is 0. The fourth-order valence-corrected chi connectivity index (χ4v) is 1.48. The van der Waals surface area contributed by atoms with Crippen LogP contribution in [0.4, 0.5) is 11.4 Å². The Morgan fingerprint density at radius 3 is 1.89 bits per heavy atom. The number of carbonyl (C=O) groups is 2. The molecule has 0 atom stereocenters. The van der Waals surface area contributed by atoms with Crippen molar-refractivity contribution in [3.63, 3.8) is 0 Å². The van der Waals surface area contributed by atoms with E-state index in [1.165, 1.54) is 30.9 Å². The first-order valence-corrected chi connectivity index (χ1v) is 5.20. The average Bonchev–Trinajstić information content (AvgIpc) is 2.39. The van der Waals surface area contributed by atoms with Gasteiger partial charge in [0.2, 0.25) is 0 Å². The van der Waals surface area contributed by atoms with Crippen LogP contribution in [0.15, 0.2) is 36.9 Å². The Morgan fingerprint density at radius 2 is 1.42 bits per heavy atom. The highest BCUT2D eigenvalue weighted by atomic mass is 16.4. The number of hydrogen-bond donors (Lipinski definition) is 3. The molecule has 1 heterocycles. The Morgan fingerprint density at radius 1 is 0.895 bits per heavy atom. The summed E-state index contributed by atoms with van der Waals surface area (Å²) in [6.07, 6.45) is 4.32. The van der Waals surface area contributed by atoms with E-state index in [1.807, 2.05) is 0 Å². The predicted molar refractivity (Wildman–Crippen MR) is 65.7 cm³/mol. The lowest BCUT2D eigenvalue weighted by atomic mass is 10.1. The molecule has 1 aromatic heterocycles. The van der Waals surface area contributed by atoms with Crippen molar-refractivity contribution in [1.82, 2.24) is 9.97 Å². The summed E-state index contributed by atoms with van der Waals surface area (Å²) in [7, 11) is 0. The molecule has 0 fully saturated rings. The molecule has 19 heavy (non-hydrogen) atoms. The van der Waals surface area contributed by atoms with E-state index in [4.69, 9.17) is 10.2 Å². The molecule has 0 aliphatic carbocycles. The smallest absolute Gasteiger partial charge is 0.335 e. The third-order valence-corrected chi connectivity index (χ3v) is 2.28. The molecule has 7 nitrogen and oxygen atoms in total. The Kier molecular flexibility index (Phi) is 3.37. The number of hydrogen-bond acceptors (Lipinski definition) is 5. The first-order valence-electron chi connectivity index (χ1n) is 5.20. The summed E-state index contributed by atoms with van der Waals surface area (Å²) in [6, 6.07) is 3.76. The van der Waals surface area contributed by atoms with Gasteiger partial charge in [-0.1, -0.05) is 0 Å². The van der Waals surface area contributed by atoms with Gasteiger partial charge in [0.25, 0.3) is 0 Å². The van der Waals surface area contributed by atoms with E-state index < -0.39 is 11.9 Å². The predicted octanol–water partition coefficient (Wildman–Crippen LogP) is 1.62. The molecule has 0 radical (unpaired) electrons. The fourth-order valence-electron chi connectivity index (χ4n) is 1.48. The molecule has 7 heteroatoms. The lowest BCUT2D eigenvalue weighted by Crippen LogP contribution is -2.04. The third kappa shape index (κ3) is 3.03. The van der Waals surface area contributed by atoms with Gasteiger partial charge < -0.3 is 15.5 Å².